The first kappa shape index (κ1) is 19.7. The zero-order chi connectivity index (χ0) is 18.6. The summed E-state index contributed by atoms with van der Waals surface area (Å²) < 4.78 is 10.5. The smallest absolute Gasteiger partial charge is 0.355 e. The third-order valence-electron chi connectivity index (χ3n) is 3.82. The first-order chi connectivity index (χ1) is 12.7. The van der Waals surface area contributed by atoms with E-state index in [0.29, 0.717) is 19.8 Å². The summed E-state index contributed by atoms with van der Waals surface area (Å²) in [5.41, 5.74) is 2.53. The van der Waals surface area contributed by atoms with Crippen LogP contribution in [-0.4, -0.2) is 32.0 Å². The van der Waals surface area contributed by atoms with Gasteiger partial charge in [0.2, 0.25) is 0 Å². The summed E-state index contributed by atoms with van der Waals surface area (Å²) in [4.78, 5) is 16.7. The number of carbonyl (C=O) groups is 1. The van der Waals surface area contributed by atoms with Crippen LogP contribution in [0.4, 0.5) is 0 Å². The predicted octanol–water partition coefficient (Wildman–Crippen LogP) is 3.63. The number of rotatable bonds is 10. The van der Waals surface area contributed by atoms with E-state index in [0.717, 1.165) is 12.0 Å². The van der Waals surface area contributed by atoms with Gasteiger partial charge in [-0.2, -0.15) is 0 Å². The molecule has 1 unspecified atom stereocenters. The number of methoxy groups -OCH3 is 1. The van der Waals surface area contributed by atoms with Gasteiger partial charge in [-0.15, -0.1) is 0 Å². The highest BCUT2D eigenvalue weighted by Gasteiger charge is 2.13. The van der Waals surface area contributed by atoms with E-state index in [-0.39, 0.29) is 11.6 Å². The van der Waals surface area contributed by atoms with Crippen molar-refractivity contribution >= 4 is 11.7 Å². The number of hydrogen-bond acceptors (Lipinski definition) is 5. The van der Waals surface area contributed by atoms with Crippen LogP contribution in [-0.2, 0) is 32.1 Å². The average Bonchev–Trinajstić information content (AvgIpc) is 2.68. The fourth-order valence-electron chi connectivity index (χ4n) is 2.46. The Bertz CT molecular complexity index is 686. The van der Waals surface area contributed by atoms with Crippen LogP contribution >= 0.6 is 0 Å². The molecule has 0 bridgehead atoms. The minimum Gasteiger partial charge on any atom is -0.464 e. The predicted molar refractivity (Wildman–Crippen MR) is 101 cm³/mol. The van der Waals surface area contributed by atoms with E-state index in [4.69, 9.17) is 9.57 Å². The van der Waals surface area contributed by atoms with Crippen molar-refractivity contribution in [3.8, 4) is 0 Å². The van der Waals surface area contributed by atoms with Crippen molar-refractivity contribution in [2.24, 2.45) is 11.1 Å². The molecule has 2 rings (SSSR count). The third kappa shape index (κ3) is 7.07. The van der Waals surface area contributed by atoms with Crippen molar-refractivity contribution < 1.29 is 19.1 Å². The van der Waals surface area contributed by atoms with Crippen molar-refractivity contribution in [2.75, 3.05) is 20.3 Å². The van der Waals surface area contributed by atoms with Gasteiger partial charge >= 0.3 is 5.97 Å². The van der Waals surface area contributed by atoms with Crippen LogP contribution < -0.4 is 0 Å². The van der Waals surface area contributed by atoms with Crippen LogP contribution in [0.3, 0.4) is 0 Å². The van der Waals surface area contributed by atoms with E-state index >= 15 is 0 Å². The number of oxime groups is 1. The topological polar surface area (TPSA) is 57.1 Å². The van der Waals surface area contributed by atoms with E-state index in [2.05, 4.69) is 22.0 Å². The second-order valence-electron chi connectivity index (χ2n) is 6.02. The Balaban J connectivity index is 1.89. The van der Waals surface area contributed by atoms with Gasteiger partial charge in [-0.3, -0.25) is 0 Å². The molecule has 138 valence electrons. The van der Waals surface area contributed by atoms with Crippen LogP contribution in [0.5, 0.6) is 0 Å². The van der Waals surface area contributed by atoms with Crippen molar-refractivity contribution in [3.63, 3.8) is 0 Å². The SMILES string of the molecule is COC(=O)/C(C)=N/OCC(COCc1ccccc1)Cc1ccccc1. The highest BCUT2D eigenvalue weighted by molar-refractivity contribution is 6.35. The number of ether oxygens (including phenoxy) is 2. The standard InChI is InChI=1S/C21H25NO4/c1-17(21(23)24-2)22-26-16-20(13-18-9-5-3-6-10-18)15-25-14-19-11-7-4-8-12-19/h3-12,20H,13-16H2,1-2H3/b22-17+. The van der Waals surface area contributed by atoms with Crippen LogP contribution in [0, 0.1) is 5.92 Å². The van der Waals surface area contributed by atoms with Crippen LogP contribution in [0.2, 0.25) is 0 Å². The summed E-state index contributed by atoms with van der Waals surface area (Å²) in [6.07, 6.45) is 0.808. The number of benzene rings is 2. The Hall–Kier alpha value is -2.66. The van der Waals surface area contributed by atoms with Gasteiger partial charge in [0.15, 0.2) is 5.71 Å². The molecule has 0 aliphatic heterocycles. The number of nitrogens with zero attached hydrogens (tertiary/aromatic N) is 1. The van der Waals surface area contributed by atoms with Crippen molar-refractivity contribution in [1.82, 2.24) is 0 Å². The highest BCUT2D eigenvalue weighted by atomic mass is 16.6. The van der Waals surface area contributed by atoms with E-state index < -0.39 is 5.97 Å². The van der Waals surface area contributed by atoms with E-state index in [1.165, 1.54) is 12.7 Å². The Kier molecular flexibility index (Phi) is 8.36. The van der Waals surface area contributed by atoms with Gasteiger partial charge in [-0.05, 0) is 24.5 Å². The van der Waals surface area contributed by atoms with Gasteiger partial charge in [0, 0.05) is 5.92 Å². The molecule has 1 atom stereocenters. The monoisotopic (exact) mass is 355 g/mol. The van der Waals surface area contributed by atoms with Gasteiger partial charge in [0.25, 0.3) is 0 Å². The first-order valence-electron chi connectivity index (χ1n) is 8.59. The Morgan fingerprint density at radius 3 is 2.19 bits per heavy atom. The van der Waals surface area contributed by atoms with Gasteiger partial charge in [0.1, 0.15) is 6.61 Å². The minimum absolute atomic E-state index is 0.121. The molecule has 2 aromatic carbocycles. The molecule has 0 radical (unpaired) electrons. The lowest BCUT2D eigenvalue weighted by Crippen LogP contribution is -2.19. The van der Waals surface area contributed by atoms with E-state index in [1.807, 2.05) is 48.5 Å². The zero-order valence-electron chi connectivity index (χ0n) is 15.3. The van der Waals surface area contributed by atoms with Crippen molar-refractivity contribution in [2.45, 2.75) is 20.0 Å². The molecule has 0 aliphatic carbocycles. The lowest BCUT2D eigenvalue weighted by Gasteiger charge is -2.16. The lowest BCUT2D eigenvalue weighted by atomic mass is 10.0. The maximum atomic E-state index is 11.3. The minimum atomic E-state index is -0.495. The summed E-state index contributed by atoms with van der Waals surface area (Å²) >= 11 is 0. The van der Waals surface area contributed by atoms with Gasteiger partial charge in [-0.25, -0.2) is 4.79 Å². The van der Waals surface area contributed by atoms with Gasteiger partial charge in [-0.1, -0.05) is 65.8 Å². The van der Waals surface area contributed by atoms with Crippen LogP contribution in [0.15, 0.2) is 65.8 Å². The van der Waals surface area contributed by atoms with Crippen LogP contribution in [0.1, 0.15) is 18.1 Å². The Labute approximate surface area is 154 Å². The number of esters is 1. The third-order valence-corrected chi connectivity index (χ3v) is 3.82. The molecule has 26 heavy (non-hydrogen) atoms. The van der Waals surface area contributed by atoms with Gasteiger partial charge in [0.05, 0.1) is 20.3 Å². The molecule has 0 amide bonds. The molecule has 0 heterocycles. The lowest BCUT2D eigenvalue weighted by molar-refractivity contribution is -0.133. The molecule has 0 saturated carbocycles. The normalized spacial score (nSPS) is 12.5. The summed E-state index contributed by atoms with van der Waals surface area (Å²) in [5.74, 6) is -0.375. The average molecular weight is 355 g/mol. The zero-order valence-corrected chi connectivity index (χ0v) is 15.3. The van der Waals surface area contributed by atoms with E-state index in [1.54, 1.807) is 6.92 Å². The van der Waals surface area contributed by atoms with Crippen molar-refractivity contribution in [3.05, 3.63) is 71.8 Å². The number of hydrogen-bond donors (Lipinski definition) is 0. The number of carbonyl (C=O) groups excluding carboxylic acids is 1. The molecule has 2 aromatic rings. The molecule has 0 aliphatic rings. The quantitative estimate of drug-likeness (QED) is 0.371. The van der Waals surface area contributed by atoms with E-state index in [9.17, 15) is 4.79 Å². The fraction of sp³-hybridized carbons (Fsp3) is 0.333. The highest BCUT2D eigenvalue weighted by Crippen LogP contribution is 2.12. The molecule has 0 spiro atoms. The Morgan fingerprint density at radius 2 is 1.58 bits per heavy atom. The molecular formula is C21H25NO4. The second kappa shape index (κ2) is 11.1. The van der Waals surface area contributed by atoms with Crippen LogP contribution in [0.25, 0.3) is 0 Å². The fourth-order valence-corrected chi connectivity index (χ4v) is 2.46. The summed E-state index contributed by atoms with van der Waals surface area (Å²) in [7, 11) is 1.32. The summed E-state index contributed by atoms with van der Waals surface area (Å²) in [6.45, 7) is 3.01. The summed E-state index contributed by atoms with van der Waals surface area (Å²) in [5, 5.41) is 3.83. The first-order valence-corrected chi connectivity index (χ1v) is 8.59. The molecular weight excluding hydrogens is 330 g/mol. The Morgan fingerprint density at radius 1 is 0.962 bits per heavy atom. The second-order valence-corrected chi connectivity index (χ2v) is 6.02. The molecule has 0 N–H and O–H groups in total. The maximum absolute atomic E-state index is 11.3. The molecule has 0 saturated heterocycles. The molecule has 0 aromatic heterocycles. The maximum Gasteiger partial charge on any atom is 0.355 e. The van der Waals surface area contributed by atoms with Gasteiger partial charge < -0.3 is 14.3 Å². The molecule has 5 nitrogen and oxygen atoms in total. The molecule has 5 heteroatoms. The largest absolute Gasteiger partial charge is 0.464 e. The summed E-state index contributed by atoms with van der Waals surface area (Å²) in [6, 6.07) is 20.2. The molecule has 0 fully saturated rings. The van der Waals surface area contributed by atoms with Crippen molar-refractivity contribution in [1.29, 1.82) is 0 Å².